The molecule has 0 aliphatic heterocycles. The van der Waals surface area contributed by atoms with Crippen molar-refractivity contribution < 1.29 is 4.79 Å². The highest BCUT2D eigenvalue weighted by Crippen LogP contribution is 2.22. The molecule has 0 radical (unpaired) electrons. The monoisotopic (exact) mass is 251 g/mol. The van der Waals surface area contributed by atoms with Crippen LogP contribution in [-0.4, -0.2) is 29.3 Å². The fourth-order valence-electron chi connectivity index (χ4n) is 1.43. The van der Waals surface area contributed by atoms with Gasteiger partial charge in [0.1, 0.15) is 16.8 Å². The molecule has 90 valence electrons. The Morgan fingerprint density at radius 1 is 1.29 bits per heavy atom. The van der Waals surface area contributed by atoms with Crippen LogP contribution >= 0.6 is 11.6 Å². The molecule has 0 aliphatic rings. The second-order valence-electron chi connectivity index (χ2n) is 3.40. The van der Waals surface area contributed by atoms with Gasteiger partial charge in [-0.3, -0.25) is 4.79 Å². The Hall–Kier alpha value is -1.68. The number of hydrogen-bond donors (Lipinski definition) is 0. The van der Waals surface area contributed by atoms with Crippen molar-refractivity contribution in [2.75, 3.05) is 18.0 Å². The molecule has 1 aromatic heterocycles. The molecule has 1 aromatic rings. The first-order valence-electron chi connectivity index (χ1n) is 5.10. The van der Waals surface area contributed by atoms with Crippen LogP contribution in [0.4, 0.5) is 5.82 Å². The topological polar surface area (TPSA) is 46.1 Å². The molecule has 0 aromatic carbocycles. The molecule has 0 spiro atoms. The Kier molecular flexibility index (Phi) is 4.84. The third-order valence-corrected chi connectivity index (χ3v) is 2.40. The van der Waals surface area contributed by atoms with Gasteiger partial charge in [0, 0.05) is 13.1 Å². The lowest BCUT2D eigenvalue weighted by Gasteiger charge is -2.22. The van der Waals surface area contributed by atoms with Crippen molar-refractivity contribution in [2.45, 2.75) is 6.92 Å². The molecule has 0 amide bonds. The number of hydrogen-bond acceptors (Lipinski definition) is 4. The minimum Gasteiger partial charge on any atom is -0.348 e. The van der Waals surface area contributed by atoms with Gasteiger partial charge in [-0.2, -0.15) is 0 Å². The maximum atomic E-state index is 11.0. The van der Waals surface area contributed by atoms with Crippen LogP contribution in [0.15, 0.2) is 25.3 Å². The van der Waals surface area contributed by atoms with Crippen molar-refractivity contribution in [2.24, 2.45) is 0 Å². The first kappa shape index (κ1) is 13.4. The van der Waals surface area contributed by atoms with Crippen LogP contribution in [0.25, 0.3) is 0 Å². The summed E-state index contributed by atoms with van der Waals surface area (Å²) < 4.78 is 0. The van der Waals surface area contributed by atoms with E-state index >= 15 is 0 Å². The lowest BCUT2D eigenvalue weighted by molar-refractivity contribution is 0.112. The molecule has 0 atom stereocenters. The SMILES string of the molecule is C=CCN(CC=C)c1nc(C)nc(Cl)c1C=O. The van der Waals surface area contributed by atoms with E-state index in [0.29, 0.717) is 36.6 Å². The Balaban J connectivity index is 3.28. The fraction of sp³-hybridized carbons (Fsp3) is 0.250. The summed E-state index contributed by atoms with van der Waals surface area (Å²) in [6, 6.07) is 0. The van der Waals surface area contributed by atoms with Gasteiger partial charge in [0.15, 0.2) is 6.29 Å². The number of aryl methyl sites for hydroxylation is 1. The third-order valence-electron chi connectivity index (χ3n) is 2.11. The number of anilines is 1. The summed E-state index contributed by atoms with van der Waals surface area (Å²) in [4.78, 5) is 21.1. The van der Waals surface area contributed by atoms with Gasteiger partial charge in [0.2, 0.25) is 0 Å². The zero-order chi connectivity index (χ0) is 12.8. The molecule has 1 heterocycles. The Morgan fingerprint density at radius 3 is 2.35 bits per heavy atom. The largest absolute Gasteiger partial charge is 0.348 e. The van der Waals surface area contributed by atoms with Crippen molar-refractivity contribution in [3.8, 4) is 0 Å². The average Bonchev–Trinajstić information content (AvgIpc) is 2.28. The van der Waals surface area contributed by atoms with E-state index in [1.54, 1.807) is 19.1 Å². The van der Waals surface area contributed by atoms with Gasteiger partial charge in [0.05, 0.1) is 5.56 Å². The summed E-state index contributed by atoms with van der Waals surface area (Å²) in [5.41, 5.74) is 0.293. The van der Waals surface area contributed by atoms with Crippen LogP contribution in [0.5, 0.6) is 0 Å². The maximum absolute atomic E-state index is 11.0. The van der Waals surface area contributed by atoms with Gasteiger partial charge in [-0.1, -0.05) is 23.8 Å². The van der Waals surface area contributed by atoms with Crippen molar-refractivity contribution in [1.29, 1.82) is 0 Å². The summed E-state index contributed by atoms with van der Waals surface area (Å²) in [6.45, 7) is 10.2. The number of aromatic nitrogens is 2. The van der Waals surface area contributed by atoms with Gasteiger partial charge >= 0.3 is 0 Å². The summed E-state index contributed by atoms with van der Waals surface area (Å²) in [7, 11) is 0. The van der Waals surface area contributed by atoms with Crippen molar-refractivity contribution >= 4 is 23.7 Å². The first-order valence-corrected chi connectivity index (χ1v) is 5.47. The second kappa shape index (κ2) is 6.15. The molecule has 0 aliphatic carbocycles. The van der Waals surface area contributed by atoms with Crippen LogP contribution in [0.1, 0.15) is 16.2 Å². The second-order valence-corrected chi connectivity index (χ2v) is 3.76. The van der Waals surface area contributed by atoms with Gasteiger partial charge in [-0.15, -0.1) is 13.2 Å². The summed E-state index contributed by atoms with van der Waals surface area (Å²) in [5, 5.41) is 0.167. The minimum absolute atomic E-state index is 0.167. The number of carbonyl (C=O) groups excluding carboxylic acids is 1. The standard InChI is InChI=1S/C12H14ClN3O/c1-4-6-16(7-5-2)12-10(8-17)11(13)14-9(3)15-12/h4-5,8H,1-2,6-7H2,3H3. The minimum atomic E-state index is 0.167. The van der Waals surface area contributed by atoms with E-state index in [1.807, 2.05) is 4.90 Å². The number of carbonyl (C=O) groups is 1. The van der Waals surface area contributed by atoms with Gasteiger partial charge in [0.25, 0.3) is 0 Å². The predicted octanol–water partition coefficient (Wildman–Crippen LogP) is 2.43. The van der Waals surface area contributed by atoms with E-state index in [2.05, 4.69) is 23.1 Å². The Labute approximate surface area is 106 Å². The van der Waals surface area contributed by atoms with Crippen molar-refractivity contribution in [3.63, 3.8) is 0 Å². The zero-order valence-electron chi connectivity index (χ0n) is 9.69. The Bertz CT molecular complexity index is 436. The van der Waals surface area contributed by atoms with E-state index in [9.17, 15) is 4.79 Å². The third kappa shape index (κ3) is 3.14. The number of halogens is 1. The molecule has 0 unspecified atom stereocenters. The van der Waals surface area contributed by atoms with E-state index in [0.717, 1.165) is 0 Å². The Morgan fingerprint density at radius 2 is 1.88 bits per heavy atom. The van der Waals surface area contributed by atoms with Crippen LogP contribution in [0, 0.1) is 6.92 Å². The molecule has 0 saturated heterocycles. The molecule has 1 rings (SSSR count). The number of aldehydes is 1. The molecule has 0 bridgehead atoms. The first-order chi connectivity index (χ1) is 8.13. The van der Waals surface area contributed by atoms with Crippen molar-refractivity contribution in [3.05, 3.63) is 41.9 Å². The smallest absolute Gasteiger partial charge is 0.156 e. The highest BCUT2D eigenvalue weighted by molar-refractivity contribution is 6.32. The number of rotatable bonds is 6. The maximum Gasteiger partial charge on any atom is 0.156 e. The lowest BCUT2D eigenvalue weighted by atomic mass is 10.3. The quantitative estimate of drug-likeness (QED) is 0.443. The normalized spacial score (nSPS) is 9.76. The van der Waals surface area contributed by atoms with Gasteiger partial charge in [-0.25, -0.2) is 9.97 Å². The molecule has 4 nitrogen and oxygen atoms in total. The molecular formula is C12H14ClN3O. The van der Waals surface area contributed by atoms with Crippen LogP contribution in [0.2, 0.25) is 5.15 Å². The summed E-state index contributed by atoms with van der Waals surface area (Å²) in [6.07, 6.45) is 4.11. The van der Waals surface area contributed by atoms with E-state index in [1.165, 1.54) is 0 Å². The highest BCUT2D eigenvalue weighted by atomic mass is 35.5. The van der Waals surface area contributed by atoms with Crippen LogP contribution in [-0.2, 0) is 0 Å². The van der Waals surface area contributed by atoms with Crippen LogP contribution in [0.3, 0.4) is 0 Å². The highest BCUT2D eigenvalue weighted by Gasteiger charge is 2.15. The molecule has 0 fully saturated rings. The summed E-state index contributed by atoms with van der Waals surface area (Å²) >= 11 is 5.92. The zero-order valence-corrected chi connectivity index (χ0v) is 10.4. The van der Waals surface area contributed by atoms with E-state index < -0.39 is 0 Å². The predicted molar refractivity (Wildman–Crippen MR) is 69.8 cm³/mol. The number of nitrogens with zero attached hydrogens (tertiary/aromatic N) is 3. The fourth-order valence-corrected chi connectivity index (χ4v) is 1.69. The van der Waals surface area contributed by atoms with Gasteiger partial charge < -0.3 is 4.90 Å². The van der Waals surface area contributed by atoms with E-state index in [4.69, 9.17) is 11.6 Å². The van der Waals surface area contributed by atoms with Crippen LogP contribution < -0.4 is 4.90 Å². The summed E-state index contributed by atoms with van der Waals surface area (Å²) in [5.74, 6) is 1.03. The van der Waals surface area contributed by atoms with Gasteiger partial charge in [-0.05, 0) is 6.92 Å². The lowest BCUT2D eigenvalue weighted by Crippen LogP contribution is -2.26. The van der Waals surface area contributed by atoms with Crippen molar-refractivity contribution in [1.82, 2.24) is 9.97 Å². The molecule has 5 heteroatoms. The molecule has 17 heavy (non-hydrogen) atoms. The van der Waals surface area contributed by atoms with E-state index in [-0.39, 0.29) is 5.15 Å². The molecular weight excluding hydrogens is 238 g/mol. The molecule has 0 N–H and O–H groups in total. The molecule has 0 saturated carbocycles. The average molecular weight is 252 g/mol.